The Morgan fingerprint density at radius 3 is 1.44 bits per heavy atom. The standard InChI is InChI=1S/C40H42Cl2N6O4/c1-51-37-25(21-47-19-17-39(23-47)15-13-33(49)45-39)9-11-31(43-37)29-7-3-5-27(35(29)41)28-6-4-8-30(36(28)42)32-12-10-26(38(44-32)52-2)22-48-20-18-40(24-48)16-14-34(50)46-40/h3-12H,13-24H2,1-2H3,(H,45,49)(H,46,50). The fourth-order valence-electron chi connectivity index (χ4n) is 8.54. The van der Waals surface area contributed by atoms with Crippen LogP contribution in [0.5, 0.6) is 11.8 Å². The van der Waals surface area contributed by atoms with Crippen LogP contribution in [0, 0.1) is 0 Å². The lowest BCUT2D eigenvalue weighted by Crippen LogP contribution is -2.43. The quantitative estimate of drug-likeness (QED) is 0.200. The monoisotopic (exact) mass is 740 g/mol. The van der Waals surface area contributed by atoms with E-state index in [2.05, 4.69) is 20.4 Å². The Balaban J connectivity index is 1.02. The van der Waals surface area contributed by atoms with E-state index in [0.717, 1.165) is 85.2 Å². The minimum Gasteiger partial charge on any atom is -0.481 e. The molecule has 8 rings (SSSR count). The minimum atomic E-state index is -0.107. The van der Waals surface area contributed by atoms with Crippen molar-refractivity contribution in [2.45, 2.75) is 62.7 Å². The minimum absolute atomic E-state index is 0.107. The van der Waals surface area contributed by atoms with Crippen molar-refractivity contribution in [2.75, 3.05) is 40.4 Å². The van der Waals surface area contributed by atoms with E-state index in [1.807, 2.05) is 60.7 Å². The van der Waals surface area contributed by atoms with Crippen molar-refractivity contribution >= 4 is 35.0 Å². The van der Waals surface area contributed by atoms with Crippen molar-refractivity contribution in [3.05, 3.63) is 81.8 Å². The fourth-order valence-corrected chi connectivity index (χ4v) is 9.19. The number of nitrogens with zero attached hydrogens (tertiary/aromatic N) is 4. The number of ether oxygens (including phenoxy) is 2. The van der Waals surface area contributed by atoms with Gasteiger partial charge in [0.05, 0.1) is 46.7 Å². The molecule has 0 saturated carbocycles. The number of nitrogens with one attached hydrogen (secondary N) is 2. The van der Waals surface area contributed by atoms with Gasteiger partial charge in [0.15, 0.2) is 0 Å². The van der Waals surface area contributed by atoms with Crippen LogP contribution in [0.25, 0.3) is 33.6 Å². The van der Waals surface area contributed by atoms with Crippen molar-refractivity contribution in [1.29, 1.82) is 0 Å². The molecule has 2 N–H and O–H groups in total. The molecule has 2 atom stereocenters. The Bertz CT molecular complexity index is 1920. The van der Waals surface area contributed by atoms with Crippen LogP contribution < -0.4 is 20.1 Å². The van der Waals surface area contributed by atoms with Crippen LogP contribution >= 0.6 is 23.2 Å². The summed E-state index contributed by atoms with van der Waals surface area (Å²) in [6.07, 6.45) is 4.89. The Morgan fingerprint density at radius 2 is 1.06 bits per heavy atom. The van der Waals surface area contributed by atoms with Crippen LogP contribution in [0.15, 0.2) is 60.7 Å². The molecule has 0 radical (unpaired) electrons. The first-order chi connectivity index (χ1) is 25.2. The summed E-state index contributed by atoms with van der Waals surface area (Å²) in [6, 6.07) is 19.8. The van der Waals surface area contributed by atoms with Crippen LogP contribution in [0.3, 0.4) is 0 Å². The van der Waals surface area contributed by atoms with Crippen molar-refractivity contribution in [3.63, 3.8) is 0 Å². The maximum Gasteiger partial charge on any atom is 0.220 e. The molecule has 2 unspecified atom stereocenters. The van der Waals surface area contributed by atoms with Gasteiger partial charge in [0, 0.05) is 85.5 Å². The normalized spacial score (nSPS) is 23.2. The van der Waals surface area contributed by atoms with Gasteiger partial charge in [-0.1, -0.05) is 71.7 Å². The molecule has 4 fully saturated rings. The summed E-state index contributed by atoms with van der Waals surface area (Å²) in [5.74, 6) is 1.39. The molecular weight excluding hydrogens is 699 g/mol. The second kappa shape index (κ2) is 14.0. The number of halogens is 2. The van der Waals surface area contributed by atoms with Crippen LogP contribution in [0.1, 0.15) is 49.7 Å². The van der Waals surface area contributed by atoms with Crippen LogP contribution in [0.4, 0.5) is 0 Å². The first-order valence-corrected chi connectivity index (χ1v) is 18.7. The van der Waals surface area contributed by atoms with E-state index in [0.29, 0.717) is 59.1 Å². The molecule has 270 valence electrons. The predicted molar refractivity (Wildman–Crippen MR) is 201 cm³/mol. The zero-order valence-corrected chi connectivity index (χ0v) is 30.9. The van der Waals surface area contributed by atoms with Gasteiger partial charge in [-0.05, 0) is 37.8 Å². The second-order valence-electron chi connectivity index (χ2n) is 14.6. The Morgan fingerprint density at radius 1 is 0.635 bits per heavy atom. The summed E-state index contributed by atoms with van der Waals surface area (Å²) in [4.78, 5) is 38.3. The predicted octanol–water partition coefficient (Wildman–Crippen LogP) is 6.51. The van der Waals surface area contributed by atoms with Gasteiger partial charge in [-0.15, -0.1) is 0 Å². The maximum absolute atomic E-state index is 11.9. The smallest absolute Gasteiger partial charge is 0.220 e. The molecule has 2 spiro atoms. The van der Waals surface area contributed by atoms with Crippen LogP contribution in [0.2, 0.25) is 10.0 Å². The molecule has 2 aromatic carbocycles. The third kappa shape index (κ3) is 6.62. The first-order valence-electron chi connectivity index (χ1n) is 17.9. The van der Waals surface area contributed by atoms with Gasteiger partial charge >= 0.3 is 0 Å². The summed E-state index contributed by atoms with van der Waals surface area (Å²) >= 11 is 14.3. The number of pyridine rings is 2. The summed E-state index contributed by atoms with van der Waals surface area (Å²) < 4.78 is 11.5. The van der Waals surface area contributed by atoms with E-state index in [1.165, 1.54) is 0 Å². The van der Waals surface area contributed by atoms with Gasteiger partial charge in [-0.25, -0.2) is 9.97 Å². The number of benzene rings is 2. The number of likely N-dealkylation sites (tertiary alicyclic amines) is 2. The number of aromatic nitrogens is 2. The van der Waals surface area contributed by atoms with Crippen LogP contribution in [-0.2, 0) is 22.7 Å². The van der Waals surface area contributed by atoms with Crippen molar-refractivity contribution < 1.29 is 19.1 Å². The maximum atomic E-state index is 11.9. The molecule has 4 saturated heterocycles. The van der Waals surface area contributed by atoms with E-state index in [4.69, 9.17) is 42.6 Å². The first kappa shape index (κ1) is 34.8. The topological polar surface area (TPSA) is 109 Å². The number of hydrogen-bond acceptors (Lipinski definition) is 8. The van der Waals surface area contributed by atoms with Gasteiger partial charge in [0.25, 0.3) is 0 Å². The van der Waals surface area contributed by atoms with Gasteiger partial charge < -0.3 is 20.1 Å². The van der Waals surface area contributed by atoms with Gasteiger partial charge in [0.1, 0.15) is 0 Å². The molecule has 2 amide bonds. The molecule has 0 aliphatic carbocycles. The zero-order chi connectivity index (χ0) is 36.0. The SMILES string of the molecule is COc1nc(-c2cccc(-c3cccc(-c4ccc(CN5CCC6(CCC(=O)N6)C5)c(OC)n4)c3Cl)c2Cl)ccc1CN1CCC2(CCC(=O)N2)C1. The second-order valence-corrected chi connectivity index (χ2v) is 15.4. The molecule has 12 heteroatoms. The van der Waals surface area contributed by atoms with Gasteiger partial charge in [0.2, 0.25) is 23.6 Å². The number of rotatable bonds is 9. The lowest BCUT2D eigenvalue weighted by molar-refractivity contribution is -0.120. The van der Waals surface area contributed by atoms with E-state index >= 15 is 0 Å². The summed E-state index contributed by atoms with van der Waals surface area (Å²) in [7, 11) is 3.27. The molecule has 52 heavy (non-hydrogen) atoms. The van der Waals surface area contributed by atoms with Gasteiger partial charge in [-0.2, -0.15) is 0 Å². The van der Waals surface area contributed by atoms with Crippen molar-refractivity contribution in [2.24, 2.45) is 0 Å². The molecule has 6 heterocycles. The lowest BCUT2D eigenvalue weighted by Gasteiger charge is -2.24. The number of carbonyl (C=O) groups excluding carboxylic acids is 2. The summed E-state index contributed by atoms with van der Waals surface area (Å²) in [5.41, 5.74) is 6.24. The highest BCUT2D eigenvalue weighted by Crippen LogP contribution is 2.43. The Labute approximate surface area is 313 Å². The Kier molecular flexibility index (Phi) is 9.36. The molecule has 4 aliphatic rings. The molecule has 10 nitrogen and oxygen atoms in total. The number of methoxy groups -OCH3 is 2. The van der Waals surface area contributed by atoms with E-state index in [-0.39, 0.29) is 22.9 Å². The average Bonchev–Trinajstić information content (AvgIpc) is 3.93. The zero-order valence-electron chi connectivity index (χ0n) is 29.4. The van der Waals surface area contributed by atoms with Crippen LogP contribution in [-0.4, -0.2) is 83.1 Å². The largest absolute Gasteiger partial charge is 0.481 e. The number of carbonyl (C=O) groups is 2. The highest BCUT2D eigenvalue weighted by Gasteiger charge is 2.44. The molecular formula is C40H42Cl2N6O4. The van der Waals surface area contributed by atoms with E-state index in [1.54, 1.807) is 14.2 Å². The van der Waals surface area contributed by atoms with Gasteiger partial charge in [-0.3, -0.25) is 19.4 Å². The van der Waals surface area contributed by atoms with Crippen molar-refractivity contribution in [1.82, 2.24) is 30.4 Å². The van der Waals surface area contributed by atoms with E-state index in [9.17, 15) is 9.59 Å². The van der Waals surface area contributed by atoms with E-state index < -0.39 is 0 Å². The summed E-state index contributed by atoms with van der Waals surface area (Å²) in [5, 5.41) is 7.47. The third-order valence-corrected chi connectivity index (χ3v) is 12.0. The number of amides is 2. The molecule has 4 aliphatic heterocycles. The third-order valence-electron chi connectivity index (χ3n) is 11.2. The highest BCUT2D eigenvalue weighted by molar-refractivity contribution is 6.39. The molecule has 4 aromatic rings. The molecule has 0 bridgehead atoms. The fraction of sp³-hybridized carbons (Fsp3) is 0.400. The summed E-state index contributed by atoms with van der Waals surface area (Å²) in [6.45, 7) is 4.83. The molecule has 2 aromatic heterocycles. The van der Waals surface area contributed by atoms with Crippen molar-refractivity contribution in [3.8, 4) is 45.4 Å². The average molecular weight is 742 g/mol. The Hall–Kier alpha value is -4.22. The number of hydrogen-bond donors (Lipinski definition) is 2. The highest BCUT2D eigenvalue weighted by atomic mass is 35.5. The lowest BCUT2D eigenvalue weighted by atomic mass is 9.97.